The maximum absolute atomic E-state index is 10.4. The van der Waals surface area contributed by atoms with E-state index >= 15 is 0 Å². The molecule has 0 aliphatic heterocycles. The van der Waals surface area contributed by atoms with E-state index in [1.807, 2.05) is 18.2 Å². The lowest BCUT2D eigenvalue weighted by Gasteiger charge is -2.36. The van der Waals surface area contributed by atoms with Gasteiger partial charge in [-0.25, -0.2) is 0 Å². The molecule has 3 aromatic carbocycles. The highest BCUT2D eigenvalue weighted by atomic mass is 31.1. The number of nitrogens with zero attached hydrogens (tertiary/aromatic N) is 1. The quantitative estimate of drug-likeness (QED) is 0.160. The van der Waals surface area contributed by atoms with Crippen LogP contribution in [0.2, 0.25) is 0 Å². The Morgan fingerprint density at radius 2 is 1.19 bits per heavy atom. The minimum Gasteiger partial charge on any atom is -0.297 e. The first-order chi connectivity index (χ1) is 13.2. The van der Waals surface area contributed by atoms with Gasteiger partial charge in [-0.05, 0) is 35.7 Å². The Morgan fingerprint density at radius 3 is 1.56 bits per heavy atom. The molecule has 1 unspecified atom stereocenters. The second-order valence-corrected chi connectivity index (χ2v) is 7.29. The molecule has 0 fully saturated rings. The van der Waals surface area contributed by atoms with Crippen LogP contribution in [0, 0.1) is 10.1 Å². The van der Waals surface area contributed by atoms with Crippen LogP contribution < -0.4 is 0 Å². The summed E-state index contributed by atoms with van der Waals surface area (Å²) in [4.78, 5) is 10.4. The second kappa shape index (κ2) is 9.29. The van der Waals surface area contributed by atoms with Crippen molar-refractivity contribution in [3.05, 3.63) is 118 Å². The summed E-state index contributed by atoms with van der Waals surface area (Å²) in [6.45, 7) is 0. The van der Waals surface area contributed by atoms with Gasteiger partial charge in [0.1, 0.15) is 0 Å². The number of hydrogen-bond donors (Lipinski definition) is 0. The molecule has 0 aliphatic carbocycles. The van der Waals surface area contributed by atoms with Gasteiger partial charge in [-0.1, -0.05) is 91.0 Å². The summed E-state index contributed by atoms with van der Waals surface area (Å²) in [7, 11) is -0.128. The fraction of sp³-hybridized carbons (Fsp3) is 0.182. The van der Waals surface area contributed by atoms with E-state index in [2.05, 4.69) is 77.4 Å². The van der Waals surface area contributed by atoms with Gasteiger partial charge in [-0.2, -0.15) is 0 Å². The average Bonchev–Trinajstić information content (AvgIpc) is 2.73. The summed E-state index contributed by atoms with van der Waals surface area (Å²) in [5, 5.41) is 9.70. The van der Waals surface area contributed by atoms with Crippen LogP contribution in [-0.4, -0.2) is 11.2 Å². The van der Waals surface area contributed by atoms with Crippen LogP contribution in [-0.2, 0) is 10.0 Å². The highest BCUT2D eigenvalue weighted by Gasteiger charge is 2.35. The van der Waals surface area contributed by atoms with Crippen LogP contribution in [0.15, 0.2) is 91.0 Å². The number of rotatable bonds is 9. The molecule has 0 aliphatic rings. The van der Waals surface area contributed by atoms with Gasteiger partial charge < -0.3 is 0 Å². The highest BCUT2D eigenvalue weighted by molar-refractivity contribution is 7.32. The van der Waals surface area contributed by atoms with Crippen molar-refractivity contribution in [1.82, 2.24) is 0 Å². The van der Waals surface area contributed by atoms with E-state index in [4.69, 9.17) is 0 Å². The Hall–Kier alpha value is -2.71. The molecule has 5 heteroatoms. The van der Waals surface area contributed by atoms with Crippen molar-refractivity contribution in [1.29, 1.82) is 0 Å². The van der Waals surface area contributed by atoms with Crippen LogP contribution in [0.4, 0.5) is 0 Å². The normalized spacial score (nSPS) is 11.6. The third-order valence-corrected chi connectivity index (χ3v) is 5.61. The van der Waals surface area contributed by atoms with E-state index in [1.54, 1.807) is 0 Å². The highest BCUT2D eigenvalue weighted by Crippen LogP contribution is 2.43. The fourth-order valence-electron chi connectivity index (χ4n) is 3.63. The molecule has 0 saturated carbocycles. The largest absolute Gasteiger partial charge is 0.297 e. The predicted octanol–water partition coefficient (Wildman–Crippen LogP) is 5.60. The molecule has 27 heavy (non-hydrogen) atoms. The van der Waals surface area contributed by atoms with Gasteiger partial charge in [0.15, 0.2) is 0 Å². The molecule has 1 atom stereocenters. The lowest BCUT2D eigenvalue weighted by atomic mass is 9.67. The summed E-state index contributed by atoms with van der Waals surface area (Å²) in [5.74, 6) is 0. The van der Waals surface area contributed by atoms with Crippen LogP contribution >= 0.6 is 8.81 Å². The molecule has 3 aromatic rings. The zero-order valence-electron chi connectivity index (χ0n) is 15.0. The molecule has 0 N–H and O–H groups in total. The van der Waals surface area contributed by atoms with Crippen molar-refractivity contribution in [3.8, 4) is 0 Å². The Labute approximate surface area is 161 Å². The maximum Gasteiger partial charge on any atom is 0.297 e. The van der Waals surface area contributed by atoms with Crippen LogP contribution in [0.1, 0.15) is 29.5 Å². The van der Waals surface area contributed by atoms with Gasteiger partial charge >= 0.3 is 0 Å². The molecule has 0 aromatic heterocycles. The van der Waals surface area contributed by atoms with Crippen molar-refractivity contribution in [2.24, 2.45) is 0 Å². The summed E-state index contributed by atoms with van der Waals surface area (Å²) < 4.78 is 4.52. The van der Waals surface area contributed by atoms with Crippen LogP contribution in [0.3, 0.4) is 0 Å². The topological polar surface area (TPSA) is 52.4 Å². The van der Waals surface area contributed by atoms with Crippen molar-refractivity contribution in [2.75, 3.05) is 6.16 Å². The van der Waals surface area contributed by atoms with Crippen LogP contribution in [0.5, 0.6) is 0 Å². The summed E-state index contributed by atoms with van der Waals surface area (Å²) in [6, 6.07) is 31.4. The molecule has 0 saturated heterocycles. The summed E-state index contributed by atoms with van der Waals surface area (Å²) in [5.41, 5.74) is 3.37. The molecular weight excluding hydrogens is 357 g/mol. The Kier molecular flexibility index (Phi) is 6.56. The molecule has 138 valence electrons. The van der Waals surface area contributed by atoms with Gasteiger partial charge in [0.25, 0.3) is 5.09 Å². The molecule has 0 radical (unpaired) electrons. The van der Waals surface area contributed by atoms with E-state index < -0.39 is 5.09 Å². The van der Waals surface area contributed by atoms with Gasteiger partial charge in [-0.3, -0.25) is 4.62 Å². The minimum atomic E-state index is -0.711. The van der Waals surface area contributed by atoms with Gasteiger partial charge in [0, 0.05) is 5.41 Å². The zero-order valence-corrected chi connectivity index (χ0v) is 16.0. The molecular formula is C22H22NO3P. The minimum absolute atomic E-state index is 0.128. The monoisotopic (exact) mass is 379 g/mol. The van der Waals surface area contributed by atoms with Crippen molar-refractivity contribution >= 4 is 8.81 Å². The van der Waals surface area contributed by atoms with E-state index in [-0.39, 0.29) is 14.2 Å². The average molecular weight is 379 g/mol. The predicted molar refractivity (Wildman–Crippen MR) is 110 cm³/mol. The Bertz CT molecular complexity index is 745. The first kappa shape index (κ1) is 19.1. The third-order valence-electron chi connectivity index (χ3n) is 4.77. The molecule has 0 heterocycles. The third kappa shape index (κ3) is 4.53. The smallest absolute Gasteiger partial charge is 0.297 e. The Morgan fingerprint density at radius 1 is 0.778 bits per heavy atom. The van der Waals surface area contributed by atoms with Crippen LogP contribution in [0.25, 0.3) is 0 Å². The van der Waals surface area contributed by atoms with Crippen molar-refractivity contribution < 1.29 is 9.71 Å². The van der Waals surface area contributed by atoms with Gasteiger partial charge in [0.05, 0.1) is 8.81 Å². The van der Waals surface area contributed by atoms with Gasteiger partial charge in [0.2, 0.25) is 0 Å². The molecule has 0 spiro atoms. The first-order valence-corrected chi connectivity index (χ1v) is 10.1. The van der Waals surface area contributed by atoms with E-state index in [9.17, 15) is 10.1 Å². The first-order valence-electron chi connectivity index (χ1n) is 8.94. The summed E-state index contributed by atoms with van der Waals surface area (Å²) in [6.07, 6.45) is 2.33. The Balaban J connectivity index is 2.02. The SMILES string of the molecule is O=[N+]([O-])OPCCCC(c1ccccc1)(c1ccccc1)c1ccccc1. The number of benzene rings is 3. The molecule has 0 bridgehead atoms. The molecule has 4 nitrogen and oxygen atoms in total. The second-order valence-electron chi connectivity index (χ2n) is 6.32. The molecule has 0 amide bonds. The number of hydrogen-bond acceptors (Lipinski definition) is 3. The summed E-state index contributed by atoms with van der Waals surface area (Å²) >= 11 is 0. The van der Waals surface area contributed by atoms with Gasteiger partial charge in [-0.15, -0.1) is 10.1 Å². The lowest BCUT2D eigenvalue weighted by Crippen LogP contribution is -2.29. The molecule has 3 rings (SSSR count). The van der Waals surface area contributed by atoms with E-state index in [1.165, 1.54) is 16.7 Å². The fourth-order valence-corrected chi connectivity index (χ4v) is 4.14. The van der Waals surface area contributed by atoms with E-state index in [0.717, 1.165) is 12.8 Å². The van der Waals surface area contributed by atoms with Crippen molar-refractivity contribution in [3.63, 3.8) is 0 Å². The standard InChI is InChI=1S/C22H22NO3P/c24-23(25)26-27-18-10-17-22(19-11-4-1-5-12-19,20-13-6-2-7-14-20)21-15-8-3-9-16-21/h1-9,11-16,27H,10,17-18H2. The lowest BCUT2D eigenvalue weighted by molar-refractivity contribution is -0.710. The van der Waals surface area contributed by atoms with E-state index in [0.29, 0.717) is 6.16 Å². The maximum atomic E-state index is 10.4. The zero-order chi connectivity index (χ0) is 19.0. The van der Waals surface area contributed by atoms with Crippen molar-refractivity contribution in [2.45, 2.75) is 18.3 Å².